The molecule has 0 unspecified atom stereocenters. The highest BCUT2D eigenvalue weighted by Crippen LogP contribution is 2.42. The van der Waals surface area contributed by atoms with Gasteiger partial charge < -0.3 is 14.9 Å². The van der Waals surface area contributed by atoms with Crippen molar-refractivity contribution in [3.63, 3.8) is 0 Å². The molecule has 1 aromatic heterocycles. The molecule has 0 bridgehead atoms. The SMILES string of the molecule is [B]C1(Cc2csc([C@H]3C[C@@H](O)C[C@@H](CO)O3)c2)CCCCCCC1. The lowest BCUT2D eigenvalue weighted by atomic mass is 9.59. The van der Waals surface area contributed by atoms with Gasteiger partial charge in [-0.25, -0.2) is 0 Å². The molecule has 3 atom stereocenters. The smallest absolute Gasteiger partial charge is 0.0946 e. The van der Waals surface area contributed by atoms with Crippen LogP contribution in [-0.2, 0) is 11.2 Å². The number of hydrogen-bond donors (Lipinski definition) is 2. The average Bonchev–Trinajstić information content (AvgIpc) is 2.99. The van der Waals surface area contributed by atoms with Gasteiger partial charge in [-0.2, -0.15) is 0 Å². The lowest BCUT2D eigenvalue weighted by molar-refractivity contribution is -0.112. The Kier molecular flexibility index (Phi) is 6.41. The highest BCUT2D eigenvalue weighted by atomic mass is 32.1. The molecule has 1 aliphatic carbocycles. The number of hydrogen-bond acceptors (Lipinski definition) is 4. The summed E-state index contributed by atoms with van der Waals surface area (Å²) < 4.78 is 5.93. The minimum absolute atomic E-state index is 0.0301. The van der Waals surface area contributed by atoms with Gasteiger partial charge in [0.2, 0.25) is 0 Å². The third-order valence-electron chi connectivity index (χ3n) is 5.48. The topological polar surface area (TPSA) is 49.7 Å². The van der Waals surface area contributed by atoms with Crippen LogP contribution in [0.4, 0.5) is 0 Å². The number of aliphatic hydroxyl groups is 2. The van der Waals surface area contributed by atoms with Crippen LogP contribution in [0.3, 0.4) is 0 Å². The van der Waals surface area contributed by atoms with Crippen LogP contribution in [0.1, 0.15) is 74.3 Å². The van der Waals surface area contributed by atoms with E-state index in [0.717, 1.165) is 24.1 Å². The fourth-order valence-corrected chi connectivity index (χ4v) is 5.10. The first-order valence-electron chi connectivity index (χ1n) is 9.38. The van der Waals surface area contributed by atoms with E-state index in [1.54, 1.807) is 11.3 Å². The number of aliphatic hydroxyl groups excluding tert-OH is 2. The quantitative estimate of drug-likeness (QED) is 0.811. The zero-order chi connectivity index (χ0) is 17.0. The van der Waals surface area contributed by atoms with E-state index >= 15 is 0 Å². The van der Waals surface area contributed by atoms with E-state index < -0.39 is 6.10 Å². The Balaban J connectivity index is 1.64. The van der Waals surface area contributed by atoms with Gasteiger partial charge in [-0.3, -0.25) is 0 Å². The molecule has 1 saturated heterocycles. The average molecular weight is 348 g/mol. The van der Waals surface area contributed by atoms with Gasteiger partial charge in [0.15, 0.2) is 0 Å². The summed E-state index contributed by atoms with van der Waals surface area (Å²) >= 11 is 1.69. The highest BCUT2D eigenvalue weighted by Gasteiger charge is 2.31. The van der Waals surface area contributed by atoms with E-state index in [1.165, 1.54) is 37.7 Å². The van der Waals surface area contributed by atoms with Gasteiger partial charge in [0.05, 0.1) is 32.8 Å². The van der Waals surface area contributed by atoms with Crippen molar-refractivity contribution in [2.45, 2.75) is 87.8 Å². The van der Waals surface area contributed by atoms with Crippen molar-refractivity contribution < 1.29 is 14.9 Å². The monoisotopic (exact) mass is 348 g/mol. The zero-order valence-corrected chi connectivity index (χ0v) is 15.3. The standard InChI is InChI=1S/C19H29BO3S/c20-19(6-4-2-1-3-5-7-19)11-14-8-18(24-13-14)17-10-15(22)9-16(12-21)23-17/h8,13,15-17,21-22H,1-7,9-12H2/t15-,16-,17+/m0/s1. The molecule has 0 spiro atoms. The summed E-state index contributed by atoms with van der Waals surface area (Å²) in [4.78, 5) is 1.15. The molecule has 2 heterocycles. The molecule has 132 valence electrons. The van der Waals surface area contributed by atoms with Crippen LogP contribution in [0.15, 0.2) is 11.4 Å². The van der Waals surface area contributed by atoms with Crippen molar-refractivity contribution >= 4 is 19.2 Å². The fraction of sp³-hybridized carbons (Fsp3) is 0.789. The summed E-state index contributed by atoms with van der Waals surface area (Å²) in [6, 6.07) is 2.20. The maximum atomic E-state index is 10.0. The molecular weight excluding hydrogens is 319 g/mol. The number of thiophene rings is 1. The minimum Gasteiger partial charge on any atom is -0.394 e. The molecule has 3 nitrogen and oxygen atoms in total. The number of ether oxygens (including phenoxy) is 1. The van der Waals surface area contributed by atoms with Crippen LogP contribution in [0.25, 0.3) is 0 Å². The molecule has 2 fully saturated rings. The van der Waals surface area contributed by atoms with Crippen molar-refractivity contribution in [3.8, 4) is 0 Å². The second kappa shape index (κ2) is 8.35. The third kappa shape index (κ3) is 4.84. The van der Waals surface area contributed by atoms with Crippen molar-refractivity contribution in [3.05, 3.63) is 21.9 Å². The number of rotatable bonds is 4. The molecule has 1 aromatic rings. The van der Waals surface area contributed by atoms with Crippen LogP contribution in [0, 0.1) is 0 Å². The second-order valence-corrected chi connectivity index (χ2v) is 8.66. The Labute approximate surface area is 150 Å². The molecule has 24 heavy (non-hydrogen) atoms. The van der Waals surface area contributed by atoms with Crippen LogP contribution < -0.4 is 0 Å². The normalized spacial score (nSPS) is 31.3. The van der Waals surface area contributed by atoms with Gasteiger partial charge in [-0.05, 0) is 23.4 Å². The molecular formula is C19H29BO3S. The van der Waals surface area contributed by atoms with Gasteiger partial charge in [0.1, 0.15) is 0 Å². The van der Waals surface area contributed by atoms with E-state index in [4.69, 9.17) is 12.6 Å². The Morgan fingerprint density at radius 1 is 1.17 bits per heavy atom. The first-order chi connectivity index (χ1) is 11.6. The Morgan fingerprint density at radius 3 is 2.58 bits per heavy atom. The Morgan fingerprint density at radius 2 is 1.88 bits per heavy atom. The van der Waals surface area contributed by atoms with Crippen molar-refractivity contribution in [1.29, 1.82) is 0 Å². The molecule has 2 N–H and O–H groups in total. The minimum atomic E-state index is -0.391. The molecule has 0 aromatic carbocycles. The molecule has 2 aliphatic rings. The summed E-state index contributed by atoms with van der Waals surface area (Å²) in [5, 5.41) is 21.5. The first kappa shape index (κ1) is 18.4. The molecule has 5 heteroatoms. The summed E-state index contributed by atoms with van der Waals surface area (Å²) in [5.74, 6) is 0. The third-order valence-corrected chi connectivity index (χ3v) is 6.55. The van der Waals surface area contributed by atoms with Crippen molar-refractivity contribution in [2.75, 3.05) is 6.61 Å². The predicted molar refractivity (Wildman–Crippen MR) is 98.7 cm³/mol. The Hall–Kier alpha value is -0.355. The van der Waals surface area contributed by atoms with Gasteiger partial charge in [0, 0.05) is 17.7 Å². The van der Waals surface area contributed by atoms with E-state index in [9.17, 15) is 10.2 Å². The maximum Gasteiger partial charge on any atom is 0.0946 e. The van der Waals surface area contributed by atoms with Crippen LogP contribution in [0.5, 0.6) is 0 Å². The maximum absolute atomic E-state index is 10.0. The molecule has 1 saturated carbocycles. The van der Waals surface area contributed by atoms with Gasteiger partial charge in [0.25, 0.3) is 0 Å². The van der Waals surface area contributed by atoms with Crippen molar-refractivity contribution in [1.82, 2.24) is 0 Å². The van der Waals surface area contributed by atoms with Crippen LogP contribution in [0.2, 0.25) is 5.31 Å². The van der Waals surface area contributed by atoms with Gasteiger partial charge in [-0.1, -0.05) is 50.3 Å². The van der Waals surface area contributed by atoms with Crippen molar-refractivity contribution in [2.24, 2.45) is 0 Å². The Bertz CT molecular complexity index is 510. The summed E-state index contributed by atoms with van der Waals surface area (Å²) in [6.07, 6.45) is 10.0. The van der Waals surface area contributed by atoms with Gasteiger partial charge >= 0.3 is 0 Å². The first-order valence-corrected chi connectivity index (χ1v) is 10.3. The summed E-state index contributed by atoms with van der Waals surface area (Å²) in [5.41, 5.74) is 1.29. The van der Waals surface area contributed by atoms with E-state index in [-0.39, 0.29) is 24.1 Å². The molecule has 1 aliphatic heterocycles. The van der Waals surface area contributed by atoms with Crippen LogP contribution >= 0.6 is 11.3 Å². The molecule has 2 radical (unpaired) electrons. The lowest BCUT2D eigenvalue weighted by Gasteiger charge is -2.32. The molecule has 0 amide bonds. The highest BCUT2D eigenvalue weighted by molar-refractivity contribution is 7.10. The van der Waals surface area contributed by atoms with Crippen LogP contribution in [-0.4, -0.2) is 36.9 Å². The summed E-state index contributed by atoms with van der Waals surface area (Å²) in [7, 11) is 6.71. The van der Waals surface area contributed by atoms with E-state index in [1.807, 2.05) is 0 Å². The fourth-order valence-electron chi connectivity index (χ4n) is 4.14. The summed E-state index contributed by atoms with van der Waals surface area (Å²) in [6.45, 7) is -0.0301. The predicted octanol–water partition coefficient (Wildman–Crippen LogP) is 3.94. The van der Waals surface area contributed by atoms with E-state index in [0.29, 0.717) is 12.8 Å². The molecule has 3 rings (SSSR count). The lowest BCUT2D eigenvalue weighted by Crippen LogP contribution is -2.33. The zero-order valence-electron chi connectivity index (χ0n) is 14.5. The largest absolute Gasteiger partial charge is 0.394 e. The second-order valence-electron chi connectivity index (χ2n) is 7.72. The van der Waals surface area contributed by atoms with Gasteiger partial charge in [-0.15, -0.1) is 11.3 Å². The van der Waals surface area contributed by atoms with E-state index in [2.05, 4.69) is 11.4 Å².